The maximum Gasteiger partial charge on any atom is 0.227 e. The topological polar surface area (TPSA) is 113 Å². The fourth-order valence-corrected chi connectivity index (χ4v) is 5.48. The lowest BCUT2D eigenvalue weighted by Gasteiger charge is -2.40. The summed E-state index contributed by atoms with van der Waals surface area (Å²) >= 11 is 1.43. The van der Waals surface area contributed by atoms with Crippen LogP contribution in [0.4, 0.5) is 5.69 Å². The highest BCUT2D eigenvalue weighted by Crippen LogP contribution is 2.42. The first-order chi connectivity index (χ1) is 14.5. The summed E-state index contributed by atoms with van der Waals surface area (Å²) in [5.41, 5.74) is 0.724. The second kappa shape index (κ2) is 9.01. The summed E-state index contributed by atoms with van der Waals surface area (Å²) in [6, 6.07) is 4.85. The summed E-state index contributed by atoms with van der Waals surface area (Å²) < 4.78 is 15.9. The quantitative estimate of drug-likeness (QED) is 0.626. The summed E-state index contributed by atoms with van der Waals surface area (Å²) in [6.07, 6.45) is -1.77. The van der Waals surface area contributed by atoms with Gasteiger partial charge >= 0.3 is 0 Å². The van der Waals surface area contributed by atoms with Gasteiger partial charge in [0.1, 0.15) is 17.6 Å². The van der Waals surface area contributed by atoms with Gasteiger partial charge in [-0.2, -0.15) is 0 Å². The number of thioether (sulfide) groups is 1. The average molecular weight is 438 g/mol. The van der Waals surface area contributed by atoms with Gasteiger partial charge in [-0.15, -0.1) is 0 Å². The number of carbonyl (C=O) groups excluding carboxylic acids is 1. The van der Waals surface area contributed by atoms with Gasteiger partial charge in [-0.25, -0.2) is 0 Å². The smallest absolute Gasteiger partial charge is 0.227 e. The number of benzene rings is 1. The van der Waals surface area contributed by atoms with Crippen LogP contribution in [0.15, 0.2) is 23.2 Å². The van der Waals surface area contributed by atoms with E-state index in [1.807, 2.05) is 12.1 Å². The Morgan fingerprint density at radius 2 is 1.87 bits per heavy atom. The van der Waals surface area contributed by atoms with Crippen molar-refractivity contribution in [3.05, 3.63) is 18.2 Å². The van der Waals surface area contributed by atoms with E-state index >= 15 is 0 Å². The Kier molecular flexibility index (Phi) is 6.37. The Morgan fingerprint density at radius 3 is 2.50 bits per heavy atom. The maximum absolute atomic E-state index is 13.1. The van der Waals surface area contributed by atoms with Gasteiger partial charge in [0.05, 0.1) is 45.5 Å². The molecule has 0 spiro atoms. The van der Waals surface area contributed by atoms with Crippen molar-refractivity contribution >= 4 is 28.5 Å². The van der Waals surface area contributed by atoms with Gasteiger partial charge < -0.3 is 34.6 Å². The predicted octanol–water partition coefficient (Wildman–Crippen LogP) is 0.556. The molecule has 5 unspecified atom stereocenters. The zero-order chi connectivity index (χ0) is 21.3. The molecule has 1 amide bonds. The lowest BCUT2D eigenvalue weighted by atomic mass is 9.80. The van der Waals surface area contributed by atoms with E-state index in [9.17, 15) is 15.0 Å². The van der Waals surface area contributed by atoms with Crippen LogP contribution in [-0.2, 0) is 9.53 Å². The van der Waals surface area contributed by atoms with E-state index < -0.39 is 24.2 Å². The number of morpholine rings is 1. The second-order valence-electron chi connectivity index (χ2n) is 7.57. The average Bonchev–Trinajstić information content (AvgIpc) is 3.19. The number of rotatable bonds is 4. The molecule has 10 heteroatoms. The SMILES string of the molecule is COc1cc(NC2=NC3C(O)C(O)CC(C(=O)N4CCOCC4)C3S2)cc(OC)c1. The number of fused-ring (bicyclic) bond motifs is 1. The third-order valence-corrected chi connectivity index (χ3v) is 7.04. The van der Waals surface area contributed by atoms with Gasteiger partial charge in [0, 0.05) is 42.2 Å². The number of carbonyl (C=O) groups is 1. The number of aliphatic hydroxyl groups excluding tert-OH is 2. The zero-order valence-electron chi connectivity index (χ0n) is 17.0. The molecule has 1 saturated carbocycles. The zero-order valence-corrected chi connectivity index (χ0v) is 17.8. The highest BCUT2D eigenvalue weighted by Gasteiger charge is 2.51. The van der Waals surface area contributed by atoms with E-state index in [1.54, 1.807) is 25.2 Å². The maximum atomic E-state index is 13.1. The first-order valence-corrected chi connectivity index (χ1v) is 10.9. The highest BCUT2D eigenvalue weighted by atomic mass is 32.2. The third kappa shape index (κ3) is 4.22. The molecule has 164 valence electrons. The van der Waals surface area contributed by atoms with Gasteiger partial charge in [-0.1, -0.05) is 11.8 Å². The van der Waals surface area contributed by atoms with E-state index in [-0.39, 0.29) is 17.6 Å². The van der Waals surface area contributed by atoms with Crippen LogP contribution in [0.5, 0.6) is 11.5 Å². The molecule has 9 nitrogen and oxygen atoms in total. The molecule has 0 radical (unpaired) electrons. The van der Waals surface area contributed by atoms with Crippen LogP contribution in [-0.4, -0.2) is 90.2 Å². The Labute approximate surface area is 179 Å². The number of aliphatic hydroxyl groups is 2. The lowest BCUT2D eigenvalue weighted by molar-refractivity contribution is -0.144. The van der Waals surface area contributed by atoms with Gasteiger partial charge in [-0.05, 0) is 6.42 Å². The molecule has 2 aliphatic heterocycles. The van der Waals surface area contributed by atoms with E-state index in [1.165, 1.54) is 11.8 Å². The normalized spacial score (nSPS) is 31.0. The minimum Gasteiger partial charge on any atom is -0.497 e. The molecular weight excluding hydrogens is 410 g/mol. The predicted molar refractivity (Wildman–Crippen MR) is 113 cm³/mol. The number of ether oxygens (including phenoxy) is 3. The minimum atomic E-state index is -1.00. The molecule has 30 heavy (non-hydrogen) atoms. The molecule has 0 aromatic heterocycles. The van der Waals surface area contributed by atoms with Crippen LogP contribution in [0.3, 0.4) is 0 Å². The Bertz CT molecular complexity index is 793. The molecule has 0 bridgehead atoms. The van der Waals surface area contributed by atoms with Crippen LogP contribution in [0, 0.1) is 5.92 Å². The van der Waals surface area contributed by atoms with Crippen LogP contribution in [0.1, 0.15) is 6.42 Å². The number of hydrogen-bond donors (Lipinski definition) is 3. The van der Waals surface area contributed by atoms with Crippen molar-refractivity contribution in [2.24, 2.45) is 10.9 Å². The molecule has 2 heterocycles. The van der Waals surface area contributed by atoms with Crippen molar-refractivity contribution < 1.29 is 29.2 Å². The molecule has 1 aromatic rings. The molecule has 1 aromatic carbocycles. The van der Waals surface area contributed by atoms with Crippen molar-refractivity contribution in [3.63, 3.8) is 0 Å². The largest absolute Gasteiger partial charge is 0.497 e. The summed E-state index contributed by atoms with van der Waals surface area (Å²) in [4.78, 5) is 19.5. The fourth-order valence-electron chi connectivity index (χ4n) is 4.11. The first kappa shape index (κ1) is 21.2. The van der Waals surface area contributed by atoms with Gasteiger partial charge in [-0.3, -0.25) is 9.79 Å². The Morgan fingerprint density at radius 1 is 1.20 bits per heavy atom. The summed E-state index contributed by atoms with van der Waals surface area (Å²) in [7, 11) is 3.16. The van der Waals surface area contributed by atoms with Crippen LogP contribution < -0.4 is 14.8 Å². The number of aliphatic imine (C=N–C) groups is 1. The molecule has 1 aliphatic carbocycles. The molecule has 4 rings (SSSR count). The number of hydrogen-bond acceptors (Lipinski definition) is 9. The van der Waals surface area contributed by atoms with Gasteiger partial charge in [0.15, 0.2) is 5.17 Å². The number of amides is 1. The van der Waals surface area contributed by atoms with Crippen molar-refractivity contribution in [3.8, 4) is 11.5 Å². The van der Waals surface area contributed by atoms with E-state index in [0.29, 0.717) is 43.0 Å². The standard InChI is InChI=1S/C20H27N3O6S/c1-27-12-7-11(8-13(9-12)28-2)21-20-22-16-17(25)15(24)10-14(18(16)30-20)19(26)23-3-5-29-6-4-23/h7-9,14-18,24-25H,3-6,10H2,1-2H3,(H,21,22). The monoisotopic (exact) mass is 437 g/mol. The molecule has 3 aliphatic rings. The van der Waals surface area contributed by atoms with Crippen LogP contribution in [0.2, 0.25) is 0 Å². The van der Waals surface area contributed by atoms with Crippen LogP contribution >= 0.6 is 11.8 Å². The molecular formula is C20H27N3O6S. The van der Waals surface area contributed by atoms with E-state index in [4.69, 9.17) is 14.2 Å². The highest BCUT2D eigenvalue weighted by molar-refractivity contribution is 8.15. The van der Waals surface area contributed by atoms with E-state index in [2.05, 4.69) is 10.3 Å². The molecule has 1 saturated heterocycles. The van der Waals surface area contributed by atoms with Gasteiger partial charge in [0.2, 0.25) is 5.91 Å². The molecule has 5 atom stereocenters. The number of anilines is 1. The number of amidine groups is 1. The van der Waals surface area contributed by atoms with Crippen molar-refractivity contribution in [2.45, 2.75) is 29.9 Å². The molecule has 3 N–H and O–H groups in total. The van der Waals surface area contributed by atoms with Crippen molar-refractivity contribution in [2.75, 3.05) is 45.8 Å². The number of nitrogens with zero attached hydrogens (tertiary/aromatic N) is 2. The second-order valence-corrected chi connectivity index (χ2v) is 8.74. The van der Waals surface area contributed by atoms with Crippen molar-refractivity contribution in [1.82, 2.24) is 4.90 Å². The Hall–Kier alpha value is -2.01. The lowest BCUT2D eigenvalue weighted by Crippen LogP contribution is -2.55. The third-order valence-electron chi connectivity index (χ3n) is 5.73. The molecule has 2 fully saturated rings. The van der Waals surface area contributed by atoms with Crippen molar-refractivity contribution in [1.29, 1.82) is 0 Å². The minimum absolute atomic E-state index is 0.00810. The summed E-state index contributed by atoms with van der Waals surface area (Å²) in [5.74, 6) is 0.841. The Balaban J connectivity index is 1.52. The number of nitrogens with one attached hydrogen (secondary N) is 1. The summed E-state index contributed by atoms with van der Waals surface area (Å²) in [5, 5.41) is 24.5. The number of methoxy groups -OCH3 is 2. The fraction of sp³-hybridized carbons (Fsp3) is 0.600. The van der Waals surface area contributed by atoms with Gasteiger partial charge in [0.25, 0.3) is 0 Å². The summed E-state index contributed by atoms with van der Waals surface area (Å²) in [6.45, 7) is 2.13. The van der Waals surface area contributed by atoms with Crippen LogP contribution in [0.25, 0.3) is 0 Å². The first-order valence-electron chi connectivity index (χ1n) is 9.97. The van der Waals surface area contributed by atoms with E-state index in [0.717, 1.165) is 5.69 Å².